The van der Waals surface area contributed by atoms with Crippen molar-refractivity contribution in [3.63, 3.8) is 0 Å². The summed E-state index contributed by atoms with van der Waals surface area (Å²) in [5, 5.41) is 8.62. The highest BCUT2D eigenvalue weighted by molar-refractivity contribution is 14.1. The minimum Gasteiger partial charge on any atom is -0.496 e. The Morgan fingerprint density at radius 3 is 2.16 bits per heavy atom. The Bertz CT molecular complexity index is 520. The second-order valence-corrected chi connectivity index (χ2v) is 5.60. The molecule has 0 unspecified atom stereocenters. The predicted octanol–water partition coefficient (Wildman–Crippen LogP) is 4.45. The molecule has 1 N–H and O–H groups in total. The van der Waals surface area contributed by atoms with E-state index in [-0.39, 0.29) is 5.56 Å². The number of methoxy groups -OCH3 is 1. The summed E-state index contributed by atoms with van der Waals surface area (Å²) in [4.78, 5) is 10.5. The third-order valence-electron chi connectivity index (χ3n) is 2.14. The molecule has 0 amide bonds. The van der Waals surface area contributed by atoms with Crippen molar-refractivity contribution in [1.82, 2.24) is 0 Å². The number of carboxylic acids is 1. The molecule has 19 heavy (non-hydrogen) atoms. The van der Waals surface area contributed by atoms with Gasteiger partial charge in [0.25, 0.3) is 0 Å². The maximum absolute atomic E-state index is 10.5. The van der Waals surface area contributed by atoms with Crippen molar-refractivity contribution in [3.05, 3.63) is 62.1 Å². The van der Waals surface area contributed by atoms with Crippen LogP contribution in [0.5, 0.6) is 5.75 Å². The second kappa shape index (κ2) is 8.16. The van der Waals surface area contributed by atoms with Crippen LogP contribution < -0.4 is 4.74 Å². The van der Waals surface area contributed by atoms with Crippen molar-refractivity contribution in [2.75, 3.05) is 7.11 Å². The molecule has 0 heterocycles. The van der Waals surface area contributed by atoms with Crippen LogP contribution in [-0.2, 0) is 0 Å². The summed E-state index contributed by atoms with van der Waals surface area (Å²) in [6.45, 7) is 0. The molecule has 0 aliphatic rings. The molecule has 0 saturated heterocycles. The lowest BCUT2D eigenvalue weighted by molar-refractivity contribution is 0.0693. The highest BCUT2D eigenvalue weighted by Gasteiger charge is 2.07. The largest absolute Gasteiger partial charge is 0.496 e. The van der Waals surface area contributed by atoms with E-state index < -0.39 is 5.97 Å². The van der Waals surface area contributed by atoms with Crippen molar-refractivity contribution in [2.24, 2.45) is 0 Å². The van der Waals surface area contributed by atoms with E-state index in [1.54, 1.807) is 18.2 Å². The standard InChI is InChI=1S/C8H8O3.C6H4BrI/c1-11-7-5-3-2-4-6(7)8(9)10;7-5-1-3-6(8)4-2-5/h2-5H,1H3,(H,9,10);1-4H. The molecule has 0 saturated carbocycles. The lowest BCUT2D eigenvalue weighted by atomic mass is 10.2. The fraction of sp³-hybridized carbons (Fsp3) is 0.0714. The first kappa shape index (κ1) is 16.0. The van der Waals surface area contributed by atoms with Crippen LogP contribution in [0.4, 0.5) is 0 Å². The van der Waals surface area contributed by atoms with Gasteiger partial charge >= 0.3 is 5.97 Å². The highest BCUT2D eigenvalue weighted by atomic mass is 127. The number of benzene rings is 2. The minimum atomic E-state index is -0.970. The van der Waals surface area contributed by atoms with Crippen LogP contribution in [-0.4, -0.2) is 18.2 Å². The van der Waals surface area contributed by atoms with Crippen LogP contribution in [0, 0.1) is 3.57 Å². The number of hydrogen-bond acceptors (Lipinski definition) is 2. The molecule has 0 radical (unpaired) electrons. The van der Waals surface area contributed by atoms with Crippen molar-refractivity contribution < 1.29 is 14.6 Å². The van der Waals surface area contributed by atoms with Crippen LogP contribution in [0.3, 0.4) is 0 Å². The number of carboxylic acid groups (broad SMARTS) is 1. The van der Waals surface area contributed by atoms with Gasteiger partial charge in [0.05, 0.1) is 7.11 Å². The number of hydrogen-bond donors (Lipinski definition) is 1. The van der Waals surface area contributed by atoms with E-state index in [0.717, 1.165) is 4.47 Å². The lowest BCUT2D eigenvalue weighted by Gasteiger charge is -2.01. The van der Waals surface area contributed by atoms with Crippen LogP contribution >= 0.6 is 38.5 Å². The Kier molecular flexibility index (Phi) is 6.86. The summed E-state index contributed by atoms with van der Waals surface area (Å²) in [6, 6.07) is 14.7. The Morgan fingerprint density at radius 1 is 1.16 bits per heavy atom. The first-order valence-corrected chi connectivity index (χ1v) is 7.19. The quantitative estimate of drug-likeness (QED) is 0.710. The lowest BCUT2D eigenvalue weighted by Crippen LogP contribution is -1.99. The van der Waals surface area contributed by atoms with Gasteiger partial charge in [-0.25, -0.2) is 4.79 Å². The van der Waals surface area contributed by atoms with E-state index >= 15 is 0 Å². The predicted molar refractivity (Wildman–Crippen MR) is 86.8 cm³/mol. The Morgan fingerprint density at radius 2 is 1.74 bits per heavy atom. The van der Waals surface area contributed by atoms with E-state index in [1.807, 2.05) is 12.1 Å². The van der Waals surface area contributed by atoms with Gasteiger partial charge in [0.15, 0.2) is 0 Å². The van der Waals surface area contributed by atoms with Crippen molar-refractivity contribution in [3.8, 4) is 5.75 Å². The van der Waals surface area contributed by atoms with Crippen molar-refractivity contribution in [1.29, 1.82) is 0 Å². The van der Waals surface area contributed by atoms with Gasteiger partial charge in [0, 0.05) is 8.04 Å². The average molecular weight is 435 g/mol. The monoisotopic (exact) mass is 434 g/mol. The van der Waals surface area contributed by atoms with Crippen LogP contribution in [0.1, 0.15) is 10.4 Å². The third-order valence-corrected chi connectivity index (χ3v) is 3.39. The zero-order chi connectivity index (χ0) is 14.3. The summed E-state index contributed by atoms with van der Waals surface area (Å²) in [5.41, 5.74) is 0.190. The molecular formula is C14H12BrIO3. The smallest absolute Gasteiger partial charge is 0.339 e. The molecular weight excluding hydrogens is 423 g/mol. The normalized spacial score (nSPS) is 9.21. The Balaban J connectivity index is 0.000000200. The van der Waals surface area contributed by atoms with Gasteiger partial charge in [-0.05, 0) is 59.0 Å². The Hall–Kier alpha value is -1.08. The minimum absolute atomic E-state index is 0.190. The van der Waals surface area contributed by atoms with Gasteiger partial charge in [-0.2, -0.15) is 0 Å². The molecule has 100 valence electrons. The molecule has 0 atom stereocenters. The average Bonchev–Trinajstić information content (AvgIpc) is 2.42. The summed E-state index contributed by atoms with van der Waals surface area (Å²) in [6.07, 6.45) is 0. The summed E-state index contributed by atoms with van der Waals surface area (Å²) >= 11 is 5.62. The number of carbonyl (C=O) groups is 1. The maximum Gasteiger partial charge on any atom is 0.339 e. The molecule has 0 aliphatic heterocycles. The van der Waals surface area contributed by atoms with Crippen LogP contribution in [0.25, 0.3) is 0 Å². The number of rotatable bonds is 2. The number of ether oxygens (including phenoxy) is 1. The SMILES string of the molecule is Brc1ccc(I)cc1.COc1ccccc1C(=O)O. The van der Waals surface area contributed by atoms with E-state index in [1.165, 1.54) is 16.7 Å². The molecule has 0 spiro atoms. The fourth-order valence-electron chi connectivity index (χ4n) is 1.25. The zero-order valence-electron chi connectivity index (χ0n) is 10.1. The van der Waals surface area contributed by atoms with Gasteiger partial charge in [0.2, 0.25) is 0 Å². The summed E-state index contributed by atoms with van der Waals surface area (Å²) < 4.78 is 7.23. The van der Waals surface area contributed by atoms with Gasteiger partial charge in [-0.3, -0.25) is 0 Å². The van der Waals surface area contributed by atoms with Crippen molar-refractivity contribution >= 4 is 44.5 Å². The molecule has 0 aliphatic carbocycles. The van der Waals surface area contributed by atoms with E-state index in [2.05, 4.69) is 50.7 Å². The van der Waals surface area contributed by atoms with Crippen LogP contribution in [0.15, 0.2) is 53.0 Å². The number of para-hydroxylation sites is 1. The summed E-state index contributed by atoms with van der Waals surface area (Å²) in [7, 11) is 1.45. The topological polar surface area (TPSA) is 46.5 Å². The fourth-order valence-corrected chi connectivity index (χ4v) is 1.87. The van der Waals surface area contributed by atoms with E-state index in [9.17, 15) is 4.79 Å². The van der Waals surface area contributed by atoms with E-state index in [4.69, 9.17) is 9.84 Å². The third kappa shape index (κ3) is 5.61. The Labute approximate surface area is 133 Å². The van der Waals surface area contributed by atoms with Gasteiger partial charge in [-0.15, -0.1) is 0 Å². The van der Waals surface area contributed by atoms with Crippen molar-refractivity contribution in [2.45, 2.75) is 0 Å². The molecule has 3 nitrogen and oxygen atoms in total. The molecule has 2 rings (SSSR count). The first-order valence-electron chi connectivity index (χ1n) is 5.32. The molecule has 0 bridgehead atoms. The molecule has 0 aromatic heterocycles. The van der Waals surface area contributed by atoms with Crippen LogP contribution in [0.2, 0.25) is 0 Å². The maximum atomic E-state index is 10.5. The van der Waals surface area contributed by atoms with E-state index in [0.29, 0.717) is 5.75 Å². The molecule has 5 heteroatoms. The molecule has 0 fully saturated rings. The van der Waals surface area contributed by atoms with Gasteiger partial charge in [-0.1, -0.05) is 28.1 Å². The summed E-state index contributed by atoms with van der Waals surface area (Å²) in [5.74, 6) is -0.581. The zero-order valence-corrected chi connectivity index (χ0v) is 13.9. The highest BCUT2D eigenvalue weighted by Crippen LogP contribution is 2.16. The van der Waals surface area contributed by atoms with Gasteiger partial charge < -0.3 is 9.84 Å². The number of aromatic carboxylic acids is 1. The van der Waals surface area contributed by atoms with Gasteiger partial charge in [0.1, 0.15) is 11.3 Å². The molecule has 2 aromatic carbocycles. The molecule has 2 aromatic rings. The number of halogens is 2. The first-order chi connectivity index (χ1) is 9.04. The second-order valence-electron chi connectivity index (χ2n) is 3.44.